The SMILES string of the molecule is COC(=O)c1ccc(Cl)c(NC(=O)C2CC2C(=O)N(C)c2ccccc2)c1. The molecule has 27 heavy (non-hydrogen) atoms. The maximum Gasteiger partial charge on any atom is 0.337 e. The maximum atomic E-state index is 12.6. The largest absolute Gasteiger partial charge is 0.465 e. The molecule has 1 aliphatic rings. The third-order valence-electron chi connectivity index (χ3n) is 4.56. The van der Waals surface area contributed by atoms with E-state index in [-0.39, 0.29) is 23.3 Å². The number of halogens is 1. The number of carbonyl (C=O) groups is 3. The van der Waals surface area contributed by atoms with E-state index >= 15 is 0 Å². The van der Waals surface area contributed by atoms with Crippen LogP contribution in [0.4, 0.5) is 11.4 Å². The minimum absolute atomic E-state index is 0.101. The number of anilines is 2. The van der Waals surface area contributed by atoms with Crippen molar-refractivity contribution >= 4 is 40.8 Å². The van der Waals surface area contributed by atoms with Crippen molar-refractivity contribution < 1.29 is 19.1 Å². The van der Waals surface area contributed by atoms with Gasteiger partial charge in [-0.2, -0.15) is 0 Å². The van der Waals surface area contributed by atoms with Gasteiger partial charge >= 0.3 is 5.97 Å². The smallest absolute Gasteiger partial charge is 0.337 e. The van der Waals surface area contributed by atoms with Crippen LogP contribution in [0, 0.1) is 11.8 Å². The first-order chi connectivity index (χ1) is 12.9. The monoisotopic (exact) mass is 386 g/mol. The van der Waals surface area contributed by atoms with Crippen LogP contribution < -0.4 is 10.2 Å². The number of rotatable bonds is 5. The van der Waals surface area contributed by atoms with E-state index < -0.39 is 11.9 Å². The molecule has 0 bridgehead atoms. The van der Waals surface area contributed by atoms with Crippen LogP contribution >= 0.6 is 11.6 Å². The number of esters is 1. The zero-order valence-electron chi connectivity index (χ0n) is 14.9. The van der Waals surface area contributed by atoms with Crippen molar-refractivity contribution in [3.05, 3.63) is 59.1 Å². The first kappa shape index (κ1) is 18.9. The van der Waals surface area contributed by atoms with Gasteiger partial charge in [0.05, 0.1) is 35.2 Å². The van der Waals surface area contributed by atoms with Gasteiger partial charge in [0.1, 0.15) is 0 Å². The first-order valence-electron chi connectivity index (χ1n) is 8.43. The lowest BCUT2D eigenvalue weighted by atomic mass is 10.2. The molecule has 0 heterocycles. The van der Waals surface area contributed by atoms with Gasteiger partial charge in [0.25, 0.3) is 0 Å². The minimum Gasteiger partial charge on any atom is -0.465 e. The van der Waals surface area contributed by atoms with Gasteiger partial charge in [0.15, 0.2) is 0 Å². The topological polar surface area (TPSA) is 75.7 Å². The van der Waals surface area contributed by atoms with E-state index in [2.05, 4.69) is 10.1 Å². The van der Waals surface area contributed by atoms with Crippen LogP contribution in [0.25, 0.3) is 0 Å². The van der Waals surface area contributed by atoms with E-state index in [1.54, 1.807) is 11.9 Å². The van der Waals surface area contributed by atoms with E-state index in [9.17, 15) is 14.4 Å². The van der Waals surface area contributed by atoms with Crippen LogP contribution in [0.1, 0.15) is 16.8 Å². The second-order valence-electron chi connectivity index (χ2n) is 6.36. The number of hydrogen-bond acceptors (Lipinski definition) is 4. The summed E-state index contributed by atoms with van der Waals surface area (Å²) in [6.07, 6.45) is 0.482. The molecule has 140 valence electrons. The van der Waals surface area contributed by atoms with Crippen LogP contribution in [0.2, 0.25) is 5.02 Å². The standard InChI is InChI=1S/C20H19ClN2O4/c1-23(13-6-4-3-5-7-13)19(25)15-11-14(15)18(24)22-17-10-12(20(26)27-2)8-9-16(17)21/h3-10,14-15H,11H2,1-2H3,(H,22,24). The maximum absolute atomic E-state index is 12.6. The molecule has 0 radical (unpaired) electrons. The van der Waals surface area contributed by atoms with Gasteiger partial charge in [0, 0.05) is 12.7 Å². The Morgan fingerprint density at radius 3 is 2.48 bits per heavy atom. The van der Waals surface area contributed by atoms with E-state index in [1.165, 1.54) is 25.3 Å². The van der Waals surface area contributed by atoms with Gasteiger partial charge in [-0.1, -0.05) is 29.8 Å². The van der Waals surface area contributed by atoms with Crippen LogP contribution in [0.15, 0.2) is 48.5 Å². The molecule has 2 aromatic carbocycles. The molecule has 0 aliphatic heterocycles. The molecule has 2 amide bonds. The van der Waals surface area contributed by atoms with E-state index in [4.69, 9.17) is 11.6 Å². The van der Waals surface area contributed by atoms with Crippen molar-refractivity contribution in [2.45, 2.75) is 6.42 Å². The fourth-order valence-corrected chi connectivity index (χ4v) is 3.04. The normalized spacial score (nSPS) is 17.7. The average Bonchev–Trinajstić information content (AvgIpc) is 3.49. The van der Waals surface area contributed by atoms with Crippen molar-refractivity contribution in [1.82, 2.24) is 0 Å². The van der Waals surface area contributed by atoms with Crippen molar-refractivity contribution in [2.24, 2.45) is 11.8 Å². The highest BCUT2D eigenvalue weighted by molar-refractivity contribution is 6.34. The lowest BCUT2D eigenvalue weighted by Gasteiger charge is -2.17. The predicted molar refractivity (Wildman–Crippen MR) is 103 cm³/mol. The molecule has 2 atom stereocenters. The number of amides is 2. The molecule has 1 aliphatic carbocycles. The summed E-state index contributed by atoms with van der Waals surface area (Å²) in [6, 6.07) is 13.8. The Balaban J connectivity index is 1.65. The van der Waals surface area contributed by atoms with Crippen LogP contribution in [0.3, 0.4) is 0 Å². The molecule has 1 N–H and O–H groups in total. The van der Waals surface area contributed by atoms with Gasteiger partial charge < -0.3 is 15.0 Å². The number of benzene rings is 2. The van der Waals surface area contributed by atoms with Crippen molar-refractivity contribution in [3.8, 4) is 0 Å². The number of carbonyl (C=O) groups excluding carboxylic acids is 3. The van der Waals surface area contributed by atoms with Crippen LogP contribution in [0.5, 0.6) is 0 Å². The summed E-state index contributed by atoms with van der Waals surface area (Å²) in [7, 11) is 2.97. The molecule has 0 saturated heterocycles. The minimum atomic E-state index is -0.522. The summed E-state index contributed by atoms with van der Waals surface area (Å²) in [4.78, 5) is 38.3. The number of nitrogens with one attached hydrogen (secondary N) is 1. The van der Waals surface area contributed by atoms with E-state index in [1.807, 2.05) is 30.3 Å². The van der Waals surface area contributed by atoms with Crippen molar-refractivity contribution in [2.75, 3.05) is 24.4 Å². The number of para-hydroxylation sites is 1. The number of nitrogens with zero attached hydrogens (tertiary/aromatic N) is 1. The molecule has 0 aromatic heterocycles. The third kappa shape index (κ3) is 4.11. The Bertz CT molecular complexity index is 885. The Morgan fingerprint density at radius 2 is 1.81 bits per heavy atom. The second-order valence-corrected chi connectivity index (χ2v) is 6.76. The van der Waals surface area contributed by atoms with Crippen molar-refractivity contribution in [3.63, 3.8) is 0 Å². The number of methoxy groups -OCH3 is 1. The Kier molecular flexibility index (Phi) is 5.46. The quantitative estimate of drug-likeness (QED) is 0.799. The summed E-state index contributed by atoms with van der Waals surface area (Å²) in [6.45, 7) is 0. The summed E-state index contributed by atoms with van der Waals surface area (Å²) in [5.74, 6) is -1.69. The molecule has 7 heteroatoms. The van der Waals surface area contributed by atoms with Gasteiger partial charge in [0.2, 0.25) is 11.8 Å². The highest BCUT2D eigenvalue weighted by Gasteiger charge is 2.49. The molecule has 1 saturated carbocycles. The Hall–Kier alpha value is -2.86. The van der Waals surface area contributed by atoms with Gasteiger partial charge in [-0.05, 0) is 36.8 Å². The molecular formula is C20H19ClN2O4. The average molecular weight is 387 g/mol. The van der Waals surface area contributed by atoms with Gasteiger partial charge in [-0.15, -0.1) is 0 Å². The molecule has 2 aromatic rings. The lowest BCUT2D eigenvalue weighted by molar-refractivity contribution is -0.123. The molecule has 1 fully saturated rings. The van der Waals surface area contributed by atoms with Gasteiger partial charge in [-0.3, -0.25) is 9.59 Å². The summed E-state index contributed by atoms with van der Waals surface area (Å²) < 4.78 is 4.67. The molecule has 0 spiro atoms. The van der Waals surface area contributed by atoms with Crippen LogP contribution in [-0.2, 0) is 14.3 Å². The molecule has 3 rings (SSSR count). The molecule has 2 unspecified atom stereocenters. The highest BCUT2D eigenvalue weighted by atomic mass is 35.5. The Morgan fingerprint density at radius 1 is 1.11 bits per heavy atom. The summed E-state index contributed by atoms with van der Waals surface area (Å²) in [5, 5.41) is 3.01. The molecule has 6 nitrogen and oxygen atoms in total. The van der Waals surface area contributed by atoms with Gasteiger partial charge in [-0.25, -0.2) is 4.79 Å². The molecular weight excluding hydrogens is 368 g/mol. The zero-order chi connectivity index (χ0) is 19.6. The fraction of sp³-hybridized carbons (Fsp3) is 0.250. The summed E-state index contributed by atoms with van der Waals surface area (Å²) >= 11 is 6.10. The van der Waals surface area contributed by atoms with Crippen LogP contribution in [-0.4, -0.2) is 31.9 Å². The fourth-order valence-electron chi connectivity index (χ4n) is 2.88. The second kappa shape index (κ2) is 7.80. The number of hydrogen-bond donors (Lipinski definition) is 1. The zero-order valence-corrected chi connectivity index (χ0v) is 15.7. The lowest BCUT2D eigenvalue weighted by Crippen LogP contribution is -2.29. The Labute approximate surface area is 162 Å². The van der Waals surface area contributed by atoms with E-state index in [0.717, 1.165) is 5.69 Å². The third-order valence-corrected chi connectivity index (χ3v) is 4.89. The van der Waals surface area contributed by atoms with Crippen molar-refractivity contribution in [1.29, 1.82) is 0 Å². The first-order valence-corrected chi connectivity index (χ1v) is 8.81. The number of ether oxygens (including phenoxy) is 1. The van der Waals surface area contributed by atoms with E-state index in [0.29, 0.717) is 17.1 Å². The highest BCUT2D eigenvalue weighted by Crippen LogP contribution is 2.41. The predicted octanol–water partition coefficient (Wildman–Crippen LogP) is 3.36. The summed E-state index contributed by atoms with van der Waals surface area (Å²) in [5.41, 5.74) is 1.38.